The van der Waals surface area contributed by atoms with Gasteiger partial charge >= 0.3 is 69.7 Å². The molecule has 0 aliphatic carbocycles. The zero-order valence-corrected chi connectivity index (χ0v) is 7.81. The summed E-state index contributed by atoms with van der Waals surface area (Å²) in [6.45, 7) is 0. The van der Waals surface area contributed by atoms with Crippen molar-refractivity contribution in [1.82, 2.24) is 0 Å². The summed E-state index contributed by atoms with van der Waals surface area (Å²) in [6, 6.07) is 8.65. The molecule has 2 aromatic heterocycles. The summed E-state index contributed by atoms with van der Waals surface area (Å²) in [7, 11) is 0. The van der Waals surface area contributed by atoms with Crippen LogP contribution in [0.25, 0.3) is 9.31 Å². The predicted molar refractivity (Wildman–Crippen MR) is 46.7 cm³/mol. The minimum atomic E-state index is 0.602. The van der Waals surface area contributed by atoms with Crippen LogP contribution in [0.15, 0.2) is 34.6 Å². The molecule has 2 aromatic rings. The Kier molecular flexibility index (Phi) is 1.76. The summed E-state index contributed by atoms with van der Waals surface area (Å²) in [5.41, 5.74) is 0. The number of hydrogen-bond acceptors (Lipinski definition) is 1. The van der Waals surface area contributed by atoms with E-state index in [-0.39, 0.29) is 0 Å². The molecule has 0 N–H and O–H groups in total. The number of hydrogen-bond donors (Lipinski definition) is 0. The van der Waals surface area contributed by atoms with Crippen LogP contribution in [0.1, 0.15) is 0 Å². The van der Waals surface area contributed by atoms with Gasteiger partial charge < -0.3 is 0 Å². The summed E-state index contributed by atoms with van der Waals surface area (Å²) >= 11 is 2.43. The second-order valence-electron chi connectivity index (χ2n) is 1.95. The quantitative estimate of drug-likeness (QED) is 0.638. The van der Waals surface area contributed by atoms with Crippen LogP contribution in [0.4, 0.5) is 0 Å². The predicted octanol–water partition coefficient (Wildman–Crippen LogP) is 2.47. The Bertz CT molecular complexity index is 249. The summed E-state index contributed by atoms with van der Waals surface area (Å²) in [5, 5.41) is 2.13. The van der Waals surface area contributed by atoms with Gasteiger partial charge in [0.05, 0.1) is 0 Å². The average Bonchev–Trinajstić information content (AvgIpc) is 2.59. The van der Waals surface area contributed by atoms with Crippen LogP contribution in [0, 0.1) is 0 Å². The summed E-state index contributed by atoms with van der Waals surface area (Å²) in [4.78, 5) is 3.69. The molecule has 0 spiro atoms. The van der Waals surface area contributed by atoms with Crippen LogP contribution >= 0.6 is 11.3 Å². The Morgan fingerprint density at radius 1 is 1.20 bits per heavy atom. The molecule has 0 nitrogen and oxygen atoms in total. The third-order valence-electron chi connectivity index (χ3n) is 1.29. The fraction of sp³-hybridized carbons (Fsp3) is 0. The van der Waals surface area contributed by atoms with E-state index in [0.29, 0.717) is 14.5 Å². The SMILES string of the molecule is c1csc(-c2ccc[se]2)c1. The van der Waals surface area contributed by atoms with E-state index < -0.39 is 0 Å². The second kappa shape index (κ2) is 2.75. The van der Waals surface area contributed by atoms with Gasteiger partial charge in [0.1, 0.15) is 0 Å². The molecule has 0 unspecified atom stereocenters. The van der Waals surface area contributed by atoms with E-state index in [1.165, 1.54) is 9.31 Å². The van der Waals surface area contributed by atoms with Gasteiger partial charge in [-0.25, -0.2) is 0 Å². The van der Waals surface area contributed by atoms with E-state index in [2.05, 4.69) is 34.6 Å². The molecule has 0 saturated heterocycles. The molecule has 0 fully saturated rings. The molecule has 0 amide bonds. The molecule has 0 bridgehead atoms. The van der Waals surface area contributed by atoms with Crippen LogP contribution in [-0.2, 0) is 0 Å². The molecule has 0 saturated carbocycles. The first-order chi connectivity index (χ1) is 4.97. The zero-order valence-electron chi connectivity index (χ0n) is 5.28. The van der Waals surface area contributed by atoms with Crippen molar-refractivity contribution in [3.63, 3.8) is 0 Å². The van der Waals surface area contributed by atoms with E-state index in [4.69, 9.17) is 0 Å². The summed E-state index contributed by atoms with van der Waals surface area (Å²) in [5.74, 6) is 0. The Labute approximate surface area is 69.9 Å². The van der Waals surface area contributed by atoms with Crippen molar-refractivity contribution in [2.45, 2.75) is 0 Å². The van der Waals surface area contributed by atoms with E-state index in [0.717, 1.165) is 0 Å². The molecule has 50 valence electrons. The molecule has 0 aliphatic heterocycles. The van der Waals surface area contributed by atoms with Crippen molar-refractivity contribution in [1.29, 1.82) is 0 Å². The first-order valence-electron chi connectivity index (χ1n) is 3.04. The zero-order chi connectivity index (χ0) is 6.81. The van der Waals surface area contributed by atoms with Crippen molar-refractivity contribution in [2.75, 3.05) is 0 Å². The number of thiophene rings is 1. The van der Waals surface area contributed by atoms with Crippen molar-refractivity contribution >= 4 is 25.8 Å². The van der Waals surface area contributed by atoms with Crippen molar-refractivity contribution in [3.05, 3.63) is 34.6 Å². The Hall–Kier alpha value is -0.301. The third kappa shape index (κ3) is 1.10. The second-order valence-corrected chi connectivity index (χ2v) is 4.89. The summed E-state index contributed by atoms with van der Waals surface area (Å²) in [6.07, 6.45) is 0. The average molecular weight is 213 g/mol. The Morgan fingerprint density at radius 2 is 2.20 bits per heavy atom. The maximum atomic E-state index is 2.25. The molecular weight excluding hydrogens is 207 g/mol. The monoisotopic (exact) mass is 214 g/mol. The van der Waals surface area contributed by atoms with Crippen molar-refractivity contribution < 1.29 is 0 Å². The van der Waals surface area contributed by atoms with E-state index >= 15 is 0 Å². The van der Waals surface area contributed by atoms with Gasteiger partial charge in [0.2, 0.25) is 0 Å². The summed E-state index contributed by atoms with van der Waals surface area (Å²) < 4.78 is 1.52. The van der Waals surface area contributed by atoms with Gasteiger partial charge in [-0.3, -0.25) is 0 Å². The number of rotatable bonds is 1. The first kappa shape index (κ1) is 6.41. The molecule has 2 heterocycles. The topological polar surface area (TPSA) is 0 Å². The van der Waals surface area contributed by atoms with Crippen molar-refractivity contribution in [2.24, 2.45) is 0 Å². The minimum absolute atomic E-state index is 0.602. The third-order valence-corrected chi connectivity index (χ3v) is 4.37. The van der Waals surface area contributed by atoms with Crippen LogP contribution in [0.2, 0.25) is 0 Å². The van der Waals surface area contributed by atoms with Gasteiger partial charge in [-0.15, -0.1) is 0 Å². The van der Waals surface area contributed by atoms with Gasteiger partial charge in [-0.2, -0.15) is 0 Å². The Morgan fingerprint density at radius 3 is 2.80 bits per heavy atom. The maximum absolute atomic E-state index is 2.25. The van der Waals surface area contributed by atoms with Crippen molar-refractivity contribution in [3.8, 4) is 9.31 Å². The fourth-order valence-electron chi connectivity index (χ4n) is 0.838. The normalized spacial score (nSPS) is 10.0. The van der Waals surface area contributed by atoms with Gasteiger partial charge in [-0.05, 0) is 0 Å². The van der Waals surface area contributed by atoms with E-state index in [1.54, 1.807) is 0 Å². The molecule has 2 heteroatoms. The van der Waals surface area contributed by atoms with E-state index in [1.807, 2.05) is 11.3 Å². The molecule has 10 heavy (non-hydrogen) atoms. The molecule has 0 radical (unpaired) electrons. The molecule has 0 aliphatic rings. The molecular formula is C8H6SSe. The van der Waals surface area contributed by atoms with Gasteiger partial charge in [0, 0.05) is 0 Å². The van der Waals surface area contributed by atoms with Gasteiger partial charge in [0.15, 0.2) is 0 Å². The van der Waals surface area contributed by atoms with Gasteiger partial charge in [-0.1, -0.05) is 0 Å². The first-order valence-corrected chi connectivity index (χ1v) is 5.77. The Balaban J connectivity index is 2.48. The van der Waals surface area contributed by atoms with Crippen LogP contribution < -0.4 is 0 Å². The van der Waals surface area contributed by atoms with Crippen LogP contribution in [0.5, 0.6) is 0 Å². The van der Waals surface area contributed by atoms with E-state index in [9.17, 15) is 0 Å². The molecule has 0 atom stereocenters. The molecule has 2 rings (SSSR count). The fourth-order valence-corrected chi connectivity index (χ4v) is 3.39. The van der Waals surface area contributed by atoms with Crippen LogP contribution in [-0.4, -0.2) is 14.5 Å². The van der Waals surface area contributed by atoms with Gasteiger partial charge in [0.25, 0.3) is 0 Å². The molecule has 0 aromatic carbocycles. The standard InChI is InChI=1S/C8H6SSe/c1-3-7(9-5-1)8-4-2-6-10-8/h1-6H. The van der Waals surface area contributed by atoms with Crippen LogP contribution in [0.3, 0.4) is 0 Å².